The zero-order valence-electron chi connectivity index (χ0n) is 37.0. The van der Waals surface area contributed by atoms with Crippen LogP contribution in [-0.4, -0.2) is 188 Å². The van der Waals surface area contributed by atoms with Crippen molar-refractivity contribution in [2.24, 2.45) is 52.3 Å². The summed E-state index contributed by atoms with van der Waals surface area (Å²) in [5.74, 6) is 3.29. The summed E-state index contributed by atoms with van der Waals surface area (Å²) in [4.78, 5) is 0. The number of fused-ring (bicyclic) bond motifs is 7. The van der Waals surface area contributed by atoms with Crippen molar-refractivity contribution in [3.05, 3.63) is 0 Å². The molecule has 0 aromatic rings. The molecule has 18 heteroatoms. The maximum atomic E-state index is 11.5. The van der Waals surface area contributed by atoms with Crippen molar-refractivity contribution < 1.29 is 89.0 Å². The summed E-state index contributed by atoms with van der Waals surface area (Å²) in [5.41, 5.74) is 0.364. The molecule has 63 heavy (non-hydrogen) atoms. The molecule has 0 aromatic carbocycles. The van der Waals surface area contributed by atoms with Crippen molar-refractivity contribution in [1.29, 1.82) is 0 Å². The topological polar surface area (TPSA) is 276 Å². The van der Waals surface area contributed by atoms with Crippen LogP contribution in [0.5, 0.6) is 0 Å². The molecule has 0 radical (unpaired) electrons. The molecule has 5 aliphatic heterocycles. The van der Waals surface area contributed by atoms with E-state index < -0.39 is 118 Å². The average molecular weight is 903 g/mol. The van der Waals surface area contributed by atoms with E-state index in [-0.39, 0.29) is 23.0 Å². The quantitative estimate of drug-likeness (QED) is 0.128. The van der Waals surface area contributed by atoms with E-state index in [1.165, 1.54) is 12.8 Å². The molecule has 0 amide bonds. The Bertz CT molecular complexity index is 1570. The highest BCUT2D eigenvalue weighted by atomic mass is 16.8. The number of hydrogen-bond acceptors (Lipinski definition) is 18. The molecule has 1 spiro atoms. The van der Waals surface area contributed by atoms with Crippen molar-refractivity contribution >= 4 is 0 Å². The van der Waals surface area contributed by atoms with Gasteiger partial charge < -0.3 is 89.0 Å². The molecule has 27 atom stereocenters. The minimum Gasteiger partial charge on any atom is -0.394 e. The highest BCUT2D eigenvalue weighted by molar-refractivity contribution is 5.15. The van der Waals surface area contributed by atoms with Gasteiger partial charge in [0.1, 0.15) is 73.2 Å². The Labute approximate surface area is 369 Å². The molecule has 4 saturated carbocycles. The number of aliphatic hydroxyl groups is 10. The van der Waals surface area contributed by atoms with E-state index in [1.807, 2.05) is 0 Å². The lowest BCUT2D eigenvalue weighted by atomic mass is 9.44. The van der Waals surface area contributed by atoms with Crippen molar-refractivity contribution in [3.8, 4) is 0 Å². The van der Waals surface area contributed by atoms with E-state index in [2.05, 4.69) is 27.7 Å². The van der Waals surface area contributed by atoms with Gasteiger partial charge in [-0.25, -0.2) is 0 Å². The van der Waals surface area contributed by atoms with Crippen LogP contribution in [0.25, 0.3) is 0 Å². The number of ether oxygens (including phenoxy) is 8. The lowest BCUT2D eigenvalue weighted by Gasteiger charge is -2.61. The van der Waals surface area contributed by atoms with Crippen LogP contribution in [0, 0.1) is 52.3 Å². The standard InChI is InChI=1S/C45H74O18/c1-19-7-12-45(56-18-19)20(2)30-26(63-45)14-25-23-6-5-21-13-22(8-10-43(21,3)24(23)9-11-44(25,30)4)57-40-37(55)35(53)38(29(17-48)60-40)61-42-39(34(52)32(50)28(16-47)59-42)62-41-36(54)33(51)31(49)27(15-46)58-41/h19-42,46-55H,5-18H2,1-4H3/t19-,20-,21+,22-,23-,24+,25+,26-,27+,28+,29+,30-,31+,32+,33-,34-,35+,36+,37+,38+,39+,40+,41-,42-,43-,44-,45-/m1/s1. The largest absolute Gasteiger partial charge is 0.394 e. The summed E-state index contributed by atoms with van der Waals surface area (Å²) < 4.78 is 49.0. The van der Waals surface area contributed by atoms with Gasteiger partial charge in [0.25, 0.3) is 0 Å². The normalized spacial score (nSPS) is 58.2. The molecule has 0 aromatic heterocycles. The highest BCUT2D eigenvalue weighted by Crippen LogP contribution is 2.71. The van der Waals surface area contributed by atoms with Crippen molar-refractivity contribution in [2.45, 2.75) is 202 Å². The predicted molar refractivity (Wildman–Crippen MR) is 216 cm³/mol. The Kier molecular flexibility index (Phi) is 13.5. The Morgan fingerprint density at radius 2 is 1.16 bits per heavy atom. The van der Waals surface area contributed by atoms with E-state index in [9.17, 15) is 51.1 Å². The number of hydrogen-bond donors (Lipinski definition) is 10. The van der Waals surface area contributed by atoms with Gasteiger partial charge in [-0.1, -0.05) is 27.7 Å². The van der Waals surface area contributed by atoms with Gasteiger partial charge in [0, 0.05) is 12.3 Å². The summed E-state index contributed by atoms with van der Waals surface area (Å²) in [6, 6.07) is 0. The van der Waals surface area contributed by atoms with E-state index >= 15 is 0 Å². The highest BCUT2D eigenvalue weighted by Gasteiger charge is 2.69. The van der Waals surface area contributed by atoms with E-state index in [1.54, 1.807) is 0 Å². The SMILES string of the molecule is C[C@@H]1CC[C@@]2(OC1)O[C@@H]1C[C@H]3[C@@H]4CC[C@H]5C[C@H](O[C@H]6O[C@@H](CO)[C@H](O[C@H]7O[C@@H](CO)[C@H](O)[C@@H](O)[C@@H]7O[C@H]7O[C@@H](CO)[C@H](O)[C@@H](O)[C@@H]7O)[C@@H](O)[C@@H]6O)CC[C@@]5(C)[C@H]4CC[C@@]3(C)[C@@H]1[C@H]2C. The molecule has 9 aliphatic rings. The maximum absolute atomic E-state index is 11.5. The Hall–Kier alpha value is -0.720. The molecule has 4 aliphatic carbocycles. The van der Waals surface area contributed by atoms with Crippen LogP contribution >= 0.6 is 0 Å². The third-order valence-corrected chi connectivity index (χ3v) is 18.3. The monoisotopic (exact) mass is 902 g/mol. The van der Waals surface area contributed by atoms with Gasteiger partial charge in [-0.2, -0.15) is 0 Å². The van der Waals surface area contributed by atoms with Gasteiger partial charge in [-0.05, 0) is 104 Å². The first-order valence-electron chi connectivity index (χ1n) is 23.8. The molecule has 18 nitrogen and oxygen atoms in total. The van der Waals surface area contributed by atoms with E-state index in [4.69, 9.17) is 37.9 Å². The van der Waals surface area contributed by atoms with Gasteiger partial charge in [0.05, 0.1) is 38.6 Å². The van der Waals surface area contributed by atoms with Gasteiger partial charge in [-0.3, -0.25) is 0 Å². The van der Waals surface area contributed by atoms with Gasteiger partial charge in [0.15, 0.2) is 24.7 Å². The predicted octanol–water partition coefficient (Wildman–Crippen LogP) is -0.734. The molecule has 0 unspecified atom stereocenters. The lowest BCUT2D eigenvalue weighted by Crippen LogP contribution is -2.67. The minimum absolute atomic E-state index is 0.134. The lowest BCUT2D eigenvalue weighted by molar-refractivity contribution is -0.390. The molecule has 9 rings (SSSR count). The minimum atomic E-state index is -1.89. The zero-order chi connectivity index (χ0) is 44.9. The summed E-state index contributed by atoms with van der Waals surface area (Å²) in [6.07, 6.45) is -14.2. The van der Waals surface area contributed by atoms with Crippen molar-refractivity contribution in [2.75, 3.05) is 26.4 Å². The van der Waals surface area contributed by atoms with E-state index in [0.29, 0.717) is 41.4 Å². The number of aliphatic hydroxyl groups excluding tert-OH is 10. The molecular weight excluding hydrogens is 828 g/mol. The average Bonchev–Trinajstić information content (AvgIpc) is 3.72. The van der Waals surface area contributed by atoms with Crippen LogP contribution in [-0.2, 0) is 37.9 Å². The fourth-order valence-corrected chi connectivity index (χ4v) is 14.7. The summed E-state index contributed by atoms with van der Waals surface area (Å²) in [6.45, 7) is 8.23. The first-order chi connectivity index (χ1) is 30.0. The second-order valence-corrected chi connectivity index (χ2v) is 21.5. The van der Waals surface area contributed by atoms with Crippen LogP contribution in [0.15, 0.2) is 0 Å². The second-order valence-electron chi connectivity index (χ2n) is 21.5. The fourth-order valence-electron chi connectivity index (χ4n) is 14.7. The van der Waals surface area contributed by atoms with Crippen LogP contribution in [0.2, 0.25) is 0 Å². The van der Waals surface area contributed by atoms with E-state index in [0.717, 1.165) is 58.0 Å². The van der Waals surface area contributed by atoms with Crippen LogP contribution in [0.4, 0.5) is 0 Å². The molecule has 0 bridgehead atoms. The third-order valence-electron chi connectivity index (χ3n) is 18.3. The van der Waals surface area contributed by atoms with Gasteiger partial charge >= 0.3 is 0 Å². The summed E-state index contributed by atoms with van der Waals surface area (Å²) in [7, 11) is 0. The second kappa shape index (κ2) is 18.0. The Morgan fingerprint density at radius 3 is 1.84 bits per heavy atom. The molecule has 5 saturated heterocycles. The molecule has 5 heterocycles. The van der Waals surface area contributed by atoms with Crippen molar-refractivity contribution in [1.82, 2.24) is 0 Å². The third kappa shape index (κ3) is 7.88. The Morgan fingerprint density at radius 1 is 0.556 bits per heavy atom. The number of rotatable bonds is 9. The Balaban J connectivity index is 0.833. The summed E-state index contributed by atoms with van der Waals surface area (Å²) >= 11 is 0. The molecule has 9 fully saturated rings. The fraction of sp³-hybridized carbons (Fsp3) is 1.00. The maximum Gasteiger partial charge on any atom is 0.187 e. The molecular formula is C45H74O18. The smallest absolute Gasteiger partial charge is 0.187 e. The van der Waals surface area contributed by atoms with Gasteiger partial charge in [-0.15, -0.1) is 0 Å². The van der Waals surface area contributed by atoms with Crippen molar-refractivity contribution in [3.63, 3.8) is 0 Å². The first kappa shape index (κ1) is 47.4. The first-order valence-corrected chi connectivity index (χ1v) is 23.8. The molecule has 362 valence electrons. The van der Waals surface area contributed by atoms with Crippen LogP contribution in [0.3, 0.4) is 0 Å². The zero-order valence-corrected chi connectivity index (χ0v) is 37.0. The summed E-state index contributed by atoms with van der Waals surface area (Å²) in [5, 5.41) is 106. The molecule has 10 N–H and O–H groups in total. The van der Waals surface area contributed by atoms with Gasteiger partial charge in [0.2, 0.25) is 0 Å². The van der Waals surface area contributed by atoms with Crippen LogP contribution in [0.1, 0.15) is 91.9 Å². The van der Waals surface area contributed by atoms with Crippen LogP contribution < -0.4 is 0 Å².